The van der Waals surface area contributed by atoms with E-state index in [1.54, 1.807) is 0 Å². The first-order valence-electron chi connectivity index (χ1n) is 5.10. The van der Waals surface area contributed by atoms with Gasteiger partial charge in [-0.05, 0) is 37.9 Å². The Morgan fingerprint density at radius 3 is 2.55 bits per heavy atom. The minimum absolute atomic E-state index is 0.0428. The molecule has 0 aliphatic heterocycles. The summed E-state index contributed by atoms with van der Waals surface area (Å²) in [6.45, 7) is 0. The van der Waals surface area contributed by atoms with E-state index in [0.29, 0.717) is 4.47 Å². The fourth-order valence-corrected chi connectivity index (χ4v) is 2.04. The van der Waals surface area contributed by atoms with E-state index < -0.39 is 16.6 Å². The first-order chi connectivity index (χ1) is 9.38. The molecule has 0 saturated carbocycles. The lowest BCUT2D eigenvalue weighted by atomic mass is 10.3. The maximum absolute atomic E-state index is 13.7. The number of nitro groups is 1. The summed E-state index contributed by atoms with van der Waals surface area (Å²) in [5, 5.41) is 13.3. The first kappa shape index (κ1) is 14.8. The van der Waals surface area contributed by atoms with Gasteiger partial charge < -0.3 is 5.32 Å². The maximum atomic E-state index is 13.7. The Morgan fingerprint density at radius 1 is 1.20 bits per heavy atom. The highest BCUT2D eigenvalue weighted by Gasteiger charge is 2.18. The van der Waals surface area contributed by atoms with E-state index in [-0.39, 0.29) is 21.7 Å². The van der Waals surface area contributed by atoms with Crippen LogP contribution in [0.25, 0.3) is 0 Å². The number of rotatable bonds is 3. The molecule has 104 valence electrons. The van der Waals surface area contributed by atoms with Crippen LogP contribution in [0, 0.1) is 21.7 Å². The molecular weight excluding hydrogens is 404 g/mol. The van der Waals surface area contributed by atoms with Gasteiger partial charge in [-0.1, -0.05) is 0 Å². The van der Waals surface area contributed by atoms with Crippen molar-refractivity contribution in [2.45, 2.75) is 0 Å². The SMILES string of the molecule is O=[N+]([O-])c1cc(Br)cnc1Nc1cc(F)c(Br)cc1F. The number of anilines is 2. The van der Waals surface area contributed by atoms with E-state index in [1.807, 2.05) is 0 Å². The molecule has 2 rings (SSSR count). The molecule has 20 heavy (non-hydrogen) atoms. The minimum atomic E-state index is -0.766. The first-order valence-corrected chi connectivity index (χ1v) is 6.68. The van der Waals surface area contributed by atoms with E-state index in [1.165, 1.54) is 12.3 Å². The van der Waals surface area contributed by atoms with E-state index in [9.17, 15) is 18.9 Å². The summed E-state index contributed by atoms with van der Waals surface area (Å²) in [7, 11) is 0. The van der Waals surface area contributed by atoms with Gasteiger partial charge in [0.2, 0.25) is 5.82 Å². The zero-order valence-electron chi connectivity index (χ0n) is 9.53. The lowest BCUT2D eigenvalue weighted by Crippen LogP contribution is -2.02. The van der Waals surface area contributed by atoms with Gasteiger partial charge in [0.15, 0.2) is 0 Å². The summed E-state index contributed by atoms with van der Waals surface area (Å²) in [5.41, 5.74) is -0.606. The predicted molar refractivity (Wildman–Crippen MR) is 75.9 cm³/mol. The van der Waals surface area contributed by atoms with Gasteiger partial charge in [0, 0.05) is 22.8 Å². The van der Waals surface area contributed by atoms with Crippen LogP contribution < -0.4 is 5.32 Å². The van der Waals surface area contributed by atoms with Crippen LogP contribution in [0.3, 0.4) is 0 Å². The van der Waals surface area contributed by atoms with Gasteiger partial charge in [-0.25, -0.2) is 13.8 Å². The van der Waals surface area contributed by atoms with Crippen LogP contribution in [0.2, 0.25) is 0 Å². The van der Waals surface area contributed by atoms with Gasteiger partial charge in [-0.3, -0.25) is 10.1 Å². The van der Waals surface area contributed by atoms with Crippen molar-refractivity contribution in [3.8, 4) is 0 Å². The average molecular weight is 409 g/mol. The number of halogens is 4. The molecule has 0 spiro atoms. The monoisotopic (exact) mass is 407 g/mol. The summed E-state index contributed by atoms with van der Waals surface area (Å²) in [6.07, 6.45) is 1.31. The van der Waals surface area contributed by atoms with Gasteiger partial charge in [-0.2, -0.15) is 0 Å². The number of pyridine rings is 1. The molecule has 0 radical (unpaired) electrons. The summed E-state index contributed by atoms with van der Waals surface area (Å²) in [5.74, 6) is -1.65. The van der Waals surface area contributed by atoms with Gasteiger partial charge in [0.1, 0.15) is 11.6 Å². The molecule has 0 amide bonds. The lowest BCUT2D eigenvalue weighted by Gasteiger charge is -2.08. The van der Waals surface area contributed by atoms with Crippen LogP contribution in [0.4, 0.5) is 26.0 Å². The Kier molecular flexibility index (Phi) is 4.29. The molecule has 0 fully saturated rings. The van der Waals surface area contributed by atoms with E-state index in [0.717, 1.165) is 12.1 Å². The topological polar surface area (TPSA) is 68.1 Å². The van der Waals surface area contributed by atoms with Crippen molar-refractivity contribution in [1.29, 1.82) is 0 Å². The number of hydrogen-bond donors (Lipinski definition) is 1. The number of nitrogens with one attached hydrogen (secondary N) is 1. The standard InChI is InChI=1S/C11H5Br2F2N3O2/c12-5-1-10(18(19)20)11(16-4-5)17-9-3-7(14)6(13)2-8(9)15/h1-4H,(H,16,17). The summed E-state index contributed by atoms with van der Waals surface area (Å²) in [4.78, 5) is 14.0. The second-order valence-electron chi connectivity index (χ2n) is 3.65. The highest BCUT2D eigenvalue weighted by Crippen LogP contribution is 2.30. The number of aromatic nitrogens is 1. The van der Waals surface area contributed by atoms with E-state index in [4.69, 9.17) is 0 Å². The van der Waals surface area contributed by atoms with E-state index >= 15 is 0 Å². The molecular formula is C11H5Br2F2N3O2. The summed E-state index contributed by atoms with van der Waals surface area (Å²) >= 11 is 5.89. The molecule has 1 aromatic carbocycles. The predicted octanol–water partition coefficient (Wildman–Crippen LogP) is 4.54. The quantitative estimate of drug-likeness (QED) is 0.460. The highest BCUT2D eigenvalue weighted by atomic mass is 79.9. The Morgan fingerprint density at radius 2 is 1.90 bits per heavy atom. The van der Waals surface area contributed by atoms with Crippen molar-refractivity contribution in [2.75, 3.05) is 5.32 Å². The van der Waals surface area contributed by atoms with Gasteiger partial charge in [-0.15, -0.1) is 0 Å². The Balaban J connectivity index is 2.45. The molecule has 0 bridgehead atoms. The summed E-state index contributed by atoms with van der Waals surface area (Å²) < 4.78 is 27.4. The average Bonchev–Trinajstić information content (AvgIpc) is 2.37. The summed E-state index contributed by atoms with van der Waals surface area (Å²) in [6, 6.07) is 3.01. The molecule has 1 aromatic heterocycles. The number of benzene rings is 1. The van der Waals surface area contributed by atoms with Crippen LogP contribution in [0.15, 0.2) is 33.3 Å². The van der Waals surface area contributed by atoms with Crippen LogP contribution in [0.1, 0.15) is 0 Å². The molecule has 9 heteroatoms. The van der Waals surface area contributed by atoms with Crippen molar-refractivity contribution >= 4 is 49.1 Å². The van der Waals surface area contributed by atoms with Crippen molar-refractivity contribution in [1.82, 2.24) is 4.98 Å². The minimum Gasteiger partial charge on any atom is -0.332 e. The second kappa shape index (κ2) is 5.80. The Hall–Kier alpha value is -1.61. The third-order valence-electron chi connectivity index (χ3n) is 2.29. The number of hydrogen-bond acceptors (Lipinski definition) is 4. The van der Waals surface area contributed by atoms with Crippen LogP contribution in [0.5, 0.6) is 0 Å². The van der Waals surface area contributed by atoms with Crippen LogP contribution in [-0.4, -0.2) is 9.91 Å². The number of nitrogens with zero attached hydrogens (tertiary/aromatic N) is 2. The molecule has 0 saturated heterocycles. The molecule has 0 aliphatic rings. The smallest absolute Gasteiger partial charge is 0.312 e. The molecule has 5 nitrogen and oxygen atoms in total. The van der Waals surface area contributed by atoms with Crippen molar-refractivity contribution < 1.29 is 13.7 Å². The largest absolute Gasteiger partial charge is 0.332 e. The van der Waals surface area contributed by atoms with Crippen LogP contribution >= 0.6 is 31.9 Å². The van der Waals surface area contributed by atoms with Gasteiger partial charge in [0.05, 0.1) is 15.1 Å². The fraction of sp³-hybridized carbons (Fsp3) is 0. The zero-order chi connectivity index (χ0) is 14.9. The van der Waals surface area contributed by atoms with Crippen LogP contribution in [-0.2, 0) is 0 Å². The van der Waals surface area contributed by atoms with Crippen molar-refractivity contribution in [3.05, 3.63) is 55.1 Å². The van der Waals surface area contributed by atoms with Crippen molar-refractivity contribution in [3.63, 3.8) is 0 Å². The maximum Gasteiger partial charge on any atom is 0.312 e. The molecule has 0 unspecified atom stereocenters. The Bertz CT molecular complexity index is 698. The molecule has 0 aliphatic carbocycles. The van der Waals surface area contributed by atoms with Gasteiger partial charge in [0.25, 0.3) is 0 Å². The lowest BCUT2D eigenvalue weighted by molar-refractivity contribution is -0.384. The molecule has 2 aromatic rings. The van der Waals surface area contributed by atoms with Gasteiger partial charge >= 0.3 is 5.69 Å². The third kappa shape index (κ3) is 3.10. The third-order valence-corrected chi connectivity index (χ3v) is 3.34. The van der Waals surface area contributed by atoms with E-state index in [2.05, 4.69) is 42.2 Å². The molecule has 1 heterocycles. The van der Waals surface area contributed by atoms with Crippen molar-refractivity contribution in [2.24, 2.45) is 0 Å². The zero-order valence-corrected chi connectivity index (χ0v) is 12.7. The molecule has 0 atom stereocenters. The fourth-order valence-electron chi connectivity index (χ4n) is 1.41. The Labute approximate surface area is 128 Å². The highest BCUT2D eigenvalue weighted by molar-refractivity contribution is 9.10. The molecule has 1 N–H and O–H groups in total. The normalized spacial score (nSPS) is 10.4. The second-order valence-corrected chi connectivity index (χ2v) is 5.42.